The lowest BCUT2D eigenvalue weighted by atomic mass is 9.94. The van der Waals surface area contributed by atoms with E-state index in [-0.39, 0.29) is 10.8 Å². The molecular formula is C24H23FN2O3S. The van der Waals surface area contributed by atoms with E-state index in [4.69, 9.17) is 0 Å². The second kappa shape index (κ2) is 8.51. The van der Waals surface area contributed by atoms with E-state index in [9.17, 15) is 17.6 Å². The van der Waals surface area contributed by atoms with Gasteiger partial charge >= 0.3 is 0 Å². The van der Waals surface area contributed by atoms with Crippen LogP contribution in [0.4, 0.5) is 10.1 Å². The molecule has 3 aromatic carbocycles. The van der Waals surface area contributed by atoms with Crippen molar-refractivity contribution in [3.05, 3.63) is 95.8 Å². The van der Waals surface area contributed by atoms with Crippen LogP contribution in [0.2, 0.25) is 0 Å². The lowest BCUT2D eigenvalue weighted by Crippen LogP contribution is -2.35. The lowest BCUT2D eigenvalue weighted by molar-refractivity contribution is -0.123. The zero-order valence-electron chi connectivity index (χ0n) is 16.8. The summed E-state index contributed by atoms with van der Waals surface area (Å²) < 4.78 is 40.4. The lowest BCUT2D eigenvalue weighted by Gasteiger charge is -2.17. The van der Waals surface area contributed by atoms with Crippen molar-refractivity contribution in [1.29, 1.82) is 0 Å². The van der Waals surface area contributed by atoms with Crippen molar-refractivity contribution in [1.82, 2.24) is 5.32 Å². The van der Waals surface area contributed by atoms with Gasteiger partial charge in [0, 0.05) is 12.2 Å². The highest BCUT2D eigenvalue weighted by atomic mass is 32.2. The number of amides is 1. The third-order valence-electron chi connectivity index (χ3n) is 5.54. The molecule has 0 saturated heterocycles. The average molecular weight is 439 g/mol. The maximum absolute atomic E-state index is 13.0. The third-order valence-corrected chi connectivity index (χ3v) is 6.94. The van der Waals surface area contributed by atoms with Gasteiger partial charge in [0.05, 0.1) is 10.3 Å². The molecule has 0 bridgehead atoms. The number of carbonyl (C=O) groups is 1. The van der Waals surface area contributed by atoms with Crippen LogP contribution in [0.5, 0.6) is 0 Å². The molecule has 1 saturated carbocycles. The Bertz CT molecular complexity index is 1160. The first-order valence-electron chi connectivity index (χ1n) is 10.1. The molecule has 1 amide bonds. The molecule has 160 valence electrons. The highest BCUT2D eigenvalue weighted by molar-refractivity contribution is 7.92. The van der Waals surface area contributed by atoms with Crippen LogP contribution < -0.4 is 10.0 Å². The van der Waals surface area contributed by atoms with Crippen LogP contribution in [0.1, 0.15) is 24.0 Å². The van der Waals surface area contributed by atoms with E-state index >= 15 is 0 Å². The zero-order valence-corrected chi connectivity index (χ0v) is 17.7. The number of benzene rings is 3. The Morgan fingerprint density at radius 1 is 0.903 bits per heavy atom. The molecule has 5 nitrogen and oxygen atoms in total. The molecule has 1 aliphatic carbocycles. The minimum atomic E-state index is -3.81. The van der Waals surface area contributed by atoms with Gasteiger partial charge in [0.2, 0.25) is 5.91 Å². The smallest absolute Gasteiger partial charge is 0.261 e. The topological polar surface area (TPSA) is 75.3 Å². The summed E-state index contributed by atoms with van der Waals surface area (Å²) in [6, 6.07) is 21.5. The van der Waals surface area contributed by atoms with E-state index in [0.29, 0.717) is 12.2 Å². The van der Waals surface area contributed by atoms with Gasteiger partial charge in [-0.05, 0) is 66.8 Å². The second-order valence-electron chi connectivity index (χ2n) is 7.71. The summed E-state index contributed by atoms with van der Waals surface area (Å²) in [7, 11) is -3.81. The van der Waals surface area contributed by atoms with E-state index in [0.717, 1.165) is 37.0 Å². The van der Waals surface area contributed by atoms with E-state index in [1.54, 1.807) is 24.3 Å². The van der Waals surface area contributed by atoms with Gasteiger partial charge in [-0.3, -0.25) is 9.52 Å². The largest absolute Gasteiger partial charge is 0.355 e. The van der Waals surface area contributed by atoms with Crippen LogP contribution in [-0.4, -0.2) is 20.9 Å². The summed E-state index contributed by atoms with van der Waals surface area (Å²) >= 11 is 0. The van der Waals surface area contributed by atoms with Gasteiger partial charge in [-0.2, -0.15) is 0 Å². The van der Waals surface area contributed by atoms with Crippen LogP contribution in [0.3, 0.4) is 0 Å². The van der Waals surface area contributed by atoms with Crippen molar-refractivity contribution in [2.75, 3.05) is 11.3 Å². The number of hydrogen-bond acceptors (Lipinski definition) is 3. The Labute approximate surface area is 181 Å². The zero-order chi connectivity index (χ0) is 21.9. The predicted octanol–water partition coefficient (Wildman–Crippen LogP) is 4.02. The normalized spacial score (nSPS) is 14.6. The van der Waals surface area contributed by atoms with Gasteiger partial charge in [0.1, 0.15) is 5.82 Å². The van der Waals surface area contributed by atoms with Crippen molar-refractivity contribution in [2.45, 2.75) is 29.6 Å². The minimum Gasteiger partial charge on any atom is -0.355 e. The van der Waals surface area contributed by atoms with Gasteiger partial charge in [-0.1, -0.05) is 42.5 Å². The quantitative estimate of drug-likeness (QED) is 0.558. The summed E-state index contributed by atoms with van der Waals surface area (Å²) in [6.45, 7) is 0.570. The predicted molar refractivity (Wildman–Crippen MR) is 118 cm³/mol. The Morgan fingerprint density at radius 3 is 2.16 bits per heavy atom. The fourth-order valence-electron chi connectivity index (χ4n) is 3.59. The number of sulfonamides is 1. The Kier molecular flexibility index (Phi) is 5.78. The van der Waals surface area contributed by atoms with Crippen LogP contribution in [0, 0.1) is 5.82 Å². The summed E-state index contributed by atoms with van der Waals surface area (Å²) in [4.78, 5) is 12.8. The number of carbonyl (C=O) groups excluding carboxylic acids is 1. The average Bonchev–Trinajstić information content (AvgIpc) is 3.57. The number of hydrogen-bond donors (Lipinski definition) is 2. The van der Waals surface area contributed by atoms with Crippen molar-refractivity contribution in [3.8, 4) is 0 Å². The number of rotatable bonds is 8. The van der Waals surface area contributed by atoms with E-state index in [1.165, 1.54) is 17.7 Å². The number of anilines is 1. The molecule has 1 fully saturated rings. The van der Waals surface area contributed by atoms with E-state index < -0.39 is 21.3 Å². The Hall–Kier alpha value is -3.19. The highest BCUT2D eigenvalue weighted by Crippen LogP contribution is 2.48. The van der Waals surface area contributed by atoms with Gasteiger partial charge in [0.15, 0.2) is 0 Å². The Balaban J connectivity index is 1.39. The molecular weight excluding hydrogens is 415 g/mol. The molecule has 0 radical (unpaired) electrons. The van der Waals surface area contributed by atoms with Gasteiger partial charge in [-0.15, -0.1) is 0 Å². The molecule has 4 rings (SSSR count). The fraction of sp³-hybridized carbons (Fsp3) is 0.208. The van der Waals surface area contributed by atoms with Crippen LogP contribution in [-0.2, 0) is 26.7 Å². The first-order chi connectivity index (χ1) is 14.9. The van der Waals surface area contributed by atoms with Crippen LogP contribution >= 0.6 is 0 Å². The molecule has 0 atom stereocenters. The summed E-state index contributed by atoms with van der Waals surface area (Å²) in [5, 5.41) is 3.03. The maximum Gasteiger partial charge on any atom is 0.261 e. The van der Waals surface area contributed by atoms with Gasteiger partial charge in [-0.25, -0.2) is 12.8 Å². The molecule has 7 heteroatoms. The van der Waals surface area contributed by atoms with E-state index in [2.05, 4.69) is 10.0 Å². The standard InChI is InChI=1S/C24H23FN2O3S/c25-20-8-12-22(13-9-20)31(29,30)27-21-10-6-19(7-11-21)24(15-16-24)23(28)26-17-14-18-4-2-1-3-5-18/h1-13,27H,14-17H2,(H,26,28). The molecule has 0 heterocycles. The molecule has 2 N–H and O–H groups in total. The first kappa shape index (κ1) is 21.1. The fourth-order valence-corrected chi connectivity index (χ4v) is 4.65. The minimum absolute atomic E-state index is 0.00285. The van der Waals surface area contributed by atoms with Crippen molar-refractivity contribution in [3.63, 3.8) is 0 Å². The van der Waals surface area contributed by atoms with Crippen molar-refractivity contribution < 1.29 is 17.6 Å². The van der Waals surface area contributed by atoms with Crippen LogP contribution in [0.25, 0.3) is 0 Å². The van der Waals surface area contributed by atoms with Crippen molar-refractivity contribution >= 4 is 21.6 Å². The number of halogens is 1. The van der Waals surface area contributed by atoms with Crippen molar-refractivity contribution in [2.24, 2.45) is 0 Å². The molecule has 3 aromatic rings. The molecule has 0 spiro atoms. The maximum atomic E-state index is 13.0. The first-order valence-corrected chi connectivity index (χ1v) is 11.6. The summed E-state index contributed by atoms with van der Waals surface area (Å²) in [5.41, 5.74) is 1.89. The molecule has 31 heavy (non-hydrogen) atoms. The molecule has 0 aliphatic heterocycles. The third kappa shape index (κ3) is 4.77. The summed E-state index contributed by atoms with van der Waals surface area (Å²) in [5.74, 6) is -0.497. The number of nitrogens with one attached hydrogen (secondary N) is 2. The Morgan fingerprint density at radius 2 is 1.55 bits per heavy atom. The van der Waals surface area contributed by atoms with Gasteiger partial charge in [0.25, 0.3) is 10.0 Å². The molecule has 0 unspecified atom stereocenters. The summed E-state index contributed by atoms with van der Waals surface area (Å²) in [6.07, 6.45) is 2.31. The highest BCUT2D eigenvalue weighted by Gasteiger charge is 2.51. The van der Waals surface area contributed by atoms with E-state index in [1.807, 2.05) is 30.3 Å². The SMILES string of the molecule is O=C(NCCc1ccccc1)C1(c2ccc(NS(=O)(=O)c3ccc(F)cc3)cc2)CC1. The molecule has 0 aromatic heterocycles. The van der Waals surface area contributed by atoms with Gasteiger partial charge < -0.3 is 5.32 Å². The molecule has 1 aliphatic rings. The second-order valence-corrected chi connectivity index (χ2v) is 9.39. The monoisotopic (exact) mass is 438 g/mol. The van der Waals surface area contributed by atoms with Crippen LogP contribution in [0.15, 0.2) is 83.8 Å².